The number of piperidine rings is 1. The van der Waals surface area contributed by atoms with E-state index in [4.69, 9.17) is 5.11 Å². The first-order valence-corrected chi connectivity index (χ1v) is 6.56. The number of hydrogen-bond donors (Lipinski definition) is 1. The number of thiazole rings is 1. The summed E-state index contributed by atoms with van der Waals surface area (Å²) in [5.41, 5.74) is 3.06. The Morgan fingerprint density at radius 1 is 1.53 bits per heavy atom. The Hall–Kier alpha value is -0.450. The zero-order chi connectivity index (χ0) is 10.5. The molecule has 84 valence electrons. The van der Waals surface area contributed by atoms with E-state index in [9.17, 15) is 0 Å². The van der Waals surface area contributed by atoms with Gasteiger partial charge < -0.3 is 5.11 Å². The van der Waals surface area contributed by atoms with Crippen molar-refractivity contribution in [3.8, 4) is 0 Å². The average Bonchev–Trinajstić information content (AvgIpc) is 2.74. The van der Waals surface area contributed by atoms with E-state index in [1.807, 2.05) is 5.51 Å². The number of aliphatic hydroxyl groups excluding tert-OH is 1. The molecule has 1 aliphatic rings. The molecule has 0 saturated carbocycles. The maximum Gasteiger partial charge on any atom is 0.0795 e. The first kappa shape index (κ1) is 11.0. The van der Waals surface area contributed by atoms with Crippen molar-refractivity contribution in [2.45, 2.75) is 38.3 Å². The number of hydrogen-bond acceptors (Lipinski definition) is 4. The highest BCUT2D eigenvalue weighted by molar-refractivity contribution is 7.07. The topological polar surface area (TPSA) is 36.4 Å². The summed E-state index contributed by atoms with van der Waals surface area (Å²) in [7, 11) is 0. The van der Waals surface area contributed by atoms with Gasteiger partial charge in [0.2, 0.25) is 0 Å². The fourth-order valence-electron chi connectivity index (χ4n) is 2.27. The molecule has 1 saturated heterocycles. The second-order valence-corrected chi connectivity index (χ2v) is 4.83. The van der Waals surface area contributed by atoms with Crippen LogP contribution in [0.5, 0.6) is 0 Å². The van der Waals surface area contributed by atoms with Crippen LogP contribution in [-0.2, 0) is 6.54 Å². The van der Waals surface area contributed by atoms with Gasteiger partial charge in [-0.25, -0.2) is 4.98 Å². The van der Waals surface area contributed by atoms with Crippen molar-refractivity contribution in [3.63, 3.8) is 0 Å². The summed E-state index contributed by atoms with van der Waals surface area (Å²) in [5.74, 6) is 0. The van der Waals surface area contributed by atoms with Crippen LogP contribution < -0.4 is 0 Å². The SMILES string of the molecule is OCCC1CCCCN1Cc1cscn1. The van der Waals surface area contributed by atoms with E-state index in [1.54, 1.807) is 11.3 Å². The second kappa shape index (κ2) is 5.58. The molecule has 0 aliphatic carbocycles. The highest BCUT2D eigenvalue weighted by Gasteiger charge is 2.22. The number of likely N-dealkylation sites (tertiary alicyclic amines) is 1. The first-order valence-electron chi connectivity index (χ1n) is 5.62. The lowest BCUT2D eigenvalue weighted by atomic mass is 9.99. The van der Waals surface area contributed by atoms with E-state index in [0.717, 1.165) is 19.5 Å². The lowest BCUT2D eigenvalue weighted by molar-refractivity contribution is 0.111. The van der Waals surface area contributed by atoms with Crippen LogP contribution in [0.1, 0.15) is 31.4 Å². The summed E-state index contributed by atoms with van der Waals surface area (Å²) >= 11 is 1.66. The van der Waals surface area contributed by atoms with Gasteiger partial charge in [-0.3, -0.25) is 4.90 Å². The molecule has 0 bridgehead atoms. The van der Waals surface area contributed by atoms with Crippen LogP contribution in [0, 0.1) is 0 Å². The Balaban J connectivity index is 1.92. The minimum Gasteiger partial charge on any atom is -0.396 e. The van der Waals surface area contributed by atoms with Gasteiger partial charge in [-0.2, -0.15) is 0 Å². The molecule has 1 N–H and O–H groups in total. The minimum atomic E-state index is 0.304. The predicted octanol–water partition coefficient (Wildman–Crippen LogP) is 1.88. The van der Waals surface area contributed by atoms with Gasteiger partial charge >= 0.3 is 0 Å². The standard InChI is InChI=1S/C11H18N2OS/c14-6-4-11-3-1-2-5-13(11)7-10-8-15-9-12-10/h8-9,11,14H,1-7H2. The predicted molar refractivity (Wildman–Crippen MR) is 61.9 cm³/mol. The lowest BCUT2D eigenvalue weighted by Crippen LogP contribution is -2.39. The van der Waals surface area contributed by atoms with Crippen LogP contribution in [0.2, 0.25) is 0 Å². The highest BCUT2D eigenvalue weighted by Crippen LogP contribution is 2.21. The third kappa shape index (κ3) is 3.00. The monoisotopic (exact) mass is 226 g/mol. The molecule has 0 aromatic carbocycles. The van der Waals surface area contributed by atoms with Crippen molar-refractivity contribution in [3.05, 3.63) is 16.6 Å². The summed E-state index contributed by atoms with van der Waals surface area (Å²) in [4.78, 5) is 6.79. The quantitative estimate of drug-likeness (QED) is 0.851. The molecule has 0 radical (unpaired) electrons. The van der Waals surface area contributed by atoms with Crippen LogP contribution in [0.25, 0.3) is 0 Å². The van der Waals surface area contributed by atoms with E-state index in [-0.39, 0.29) is 0 Å². The average molecular weight is 226 g/mol. The van der Waals surface area contributed by atoms with Crippen LogP contribution >= 0.6 is 11.3 Å². The summed E-state index contributed by atoms with van der Waals surface area (Å²) in [6.07, 6.45) is 4.72. The summed E-state index contributed by atoms with van der Waals surface area (Å²) in [5, 5.41) is 11.1. The van der Waals surface area contributed by atoms with Gasteiger partial charge in [0.15, 0.2) is 0 Å². The Kier molecular flexibility index (Phi) is 4.11. The van der Waals surface area contributed by atoms with Crippen molar-refractivity contribution >= 4 is 11.3 Å². The van der Waals surface area contributed by atoms with Crippen LogP contribution in [-0.4, -0.2) is 34.2 Å². The fourth-order valence-corrected chi connectivity index (χ4v) is 2.82. The molecule has 1 aliphatic heterocycles. The smallest absolute Gasteiger partial charge is 0.0795 e. The Labute approximate surface area is 94.8 Å². The molecule has 0 amide bonds. The Morgan fingerprint density at radius 3 is 3.20 bits per heavy atom. The fraction of sp³-hybridized carbons (Fsp3) is 0.727. The van der Waals surface area contributed by atoms with Gasteiger partial charge in [0, 0.05) is 24.6 Å². The van der Waals surface area contributed by atoms with Crippen LogP contribution in [0.4, 0.5) is 0 Å². The Morgan fingerprint density at radius 2 is 2.47 bits per heavy atom. The van der Waals surface area contributed by atoms with Crippen molar-refractivity contribution in [1.29, 1.82) is 0 Å². The molecule has 0 spiro atoms. The molecule has 3 nitrogen and oxygen atoms in total. The molecule has 15 heavy (non-hydrogen) atoms. The second-order valence-electron chi connectivity index (χ2n) is 4.11. The molecule has 4 heteroatoms. The van der Waals surface area contributed by atoms with Crippen LogP contribution in [0.3, 0.4) is 0 Å². The highest BCUT2D eigenvalue weighted by atomic mass is 32.1. The van der Waals surface area contributed by atoms with Crippen molar-refractivity contribution in [2.24, 2.45) is 0 Å². The van der Waals surface area contributed by atoms with Gasteiger partial charge in [-0.05, 0) is 25.8 Å². The molecule has 2 rings (SSSR count). The normalized spacial score (nSPS) is 23.1. The lowest BCUT2D eigenvalue weighted by Gasteiger charge is -2.34. The maximum atomic E-state index is 9.02. The van der Waals surface area contributed by atoms with Crippen molar-refractivity contribution in [1.82, 2.24) is 9.88 Å². The van der Waals surface area contributed by atoms with Gasteiger partial charge in [-0.15, -0.1) is 11.3 Å². The summed E-state index contributed by atoms with van der Waals surface area (Å²) < 4.78 is 0. The number of aliphatic hydroxyl groups is 1. The third-order valence-electron chi connectivity index (χ3n) is 3.06. The molecule has 1 aromatic rings. The number of rotatable bonds is 4. The van der Waals surface area contributed by atoms with E-state index < -0.39 is 0 Å². The first-order chi connectivity index (χ1) is 7.40. The molecular weight excluding hydrogens is 208 g/mol. The van der Waals surface area contributed by atoms with Gasteiger partial charge in [0.1, 0.15) is 0 Å². The van der Waals surface area contributed by atoms with Crippen molar-refractivity contribution in [2.75, 3.05) is 13.2 Å². The minimum absolute atomic E-state index is 0.304. The van der Waals surface area contributed by atoms with E-state index in [1.165, 1.54) is 25.0 Å². The zero-order valence-electron chi connectivity index (χ0n) is 8.93. The largest absolute Gasteiger partial charge is 0.396 e. The van der Waals surface area contributed by atoms with E-state index in [2.05, 4.69) is 15.3 Å². The molecule has 1 unspecified atom stereocenters. The molecule has 1 fully saturated rings. The Bertz CT molecular complexity index is 274. The van der Waals surface area contributed by atoms with Gasteiger partial charge in [-0.1, -0.05) is 6.42 Å². The molecule has 1 atom stereocenters. The van der Waals surface area contributed by atoms with Crippen LogP contribution in [0.15, 0.2) is 10.9 Å². The zero-order valence-corrected chi connectivity index (χ0v) is 9.75. The third-order valence-corrected chi connectivity index (χ3v) is 3.70. The number of nitrogens with zero attached hydrogens (tertiary/aromatic N) is 2. The summed E-state index contributed by atoms with van der Waals surface area (Å²) in [6, 6.07) is 0.561. The van der Waals surface area contributed by atoms with E-state index >= 15 is 0 Å². The summed E-state index contributed by atoms with van der Waals surface area (Å²) in [6.45, 7) is 2.41. The molecule has 2 heterocycles. The maximum absolute atomic E-state index is 9.02. The van der Waals surface area contributed by atoms with Crippen molar-refractivity contribution < 1.29 is 5.11 Å². The number of aromatic nitrogens is 1. The molecule has 1 aromatic heterocycles. The van der Waals surface area contributed by atoms with E-state index in [0.29, 0.717) is 12.6 Å². The van der Waals surface area contributed by atoms with Gasteiger partial charge in [0.05, 0.1) is 11.2 Å². The molecular formula is C11H18N2OS. The van der Waals surface area contributed by atoms with Gasteiger partial charge in [0.25, 0.3) is 0 Å².